The van der Waals surface area contributed by atoms with Crippen molar-refractivity contribution in [2.24, 2.45) is 0 Å². The van der Waals surface area contributed by atoms with Crippen molar-refractivity contribution in [2.75, 3.05) is 6.54 Å². The molecule has 2 heterocycles. The number of amides is 1. The van der Waals surface area contributed by atoms with Crippen molar-refractivity contribution in [1.29, 1.82) is 0 Å². The summed E-state index contributed by atoms with van der Waals surface area (Å²) in [6, 6.07) is 8.22. The number of nitrogens with one attached hydrogen (secondary N) is 2. The highest BCUT2D eigenvalue weighted by Gasteiger charge is 2.22. The molecule has 1 aromatic heterocycles. The number of halogens is 1. The van der Waals surface area contributed by atoms with Crippen LogP contribution in [0.2, 0.25) is 0 Å². The van der Waals surface area contributed by atoms with E-state index in [4.69, 9.17) is 4.42 Å². The summed E-state index contributed by atoms with van der Waals surface area (Å²) in [5, 5.41) is 7.36. The fourth-order valence-corrected chi connectivity index (χ4v) is 3.12. The van der Waals surface area contributed by atoms with E-state index in [1.807, 2.05) is 18.2 Å². The Labute approximate surface area is 126 Å². The van der Waals surface area contributed by atoms with Gasteiger partial charge in [0.2, 0.25) is 0 Å². The fraction of sp³-hybridized carbons (Fsp3) is 0.400. The Morgan fingerprint density at radius 1 is 1.50 bits per heavy atom. The topological polar surface area (TPSA) is 54.3 Å². The quantitative estimate of drug-likeness (QED) is 0.886. The number of rotatable bonds is 2. The molecule has 0 saturated carbocycles. The van der Waals surface area contributed by atoms with E-state index < -0.39 is 0 Å². The average molecular weight is 337 g/mol. The molecular formula is C15H17BrN2O2. The first-order valence-electron chi connectivity index (χ1n) is 6.86. The Morgan fingerprint density at radius 2 is 2.35 bits per heavy atom. The van der Waals surface area contributed by atoms with E-state index in [2.05, 4.69) is 33.5 Å². The molecule has 0 spiro atoms. The van der Waals surface area contributed by atoms with E-state index in [1.54, 1.807) is 6.07 Å². The Bertz CT molecular complexity index is 638. The van der Waals surface area contributed by atoms with Gasteiger partial charge in [0, 0.05) is 17.5 Å². The molecule has 1 fully saturated rings. The van der Waals surface area contributed by atoms with Gasteiger partial charge in [-0.2, -0.15) is 0 Å². The Kier molecular flexibility index (Phi) is 3.81. The van der Waals surface area contributed by atoms with E-state index in [0.29, 0.717) is 11.8 Å². The van der Waals surface area contributed by atoms with E-state index >= 15 is 0 Å². The van der Waals surface area contributed by atoms with Crippen molar-refractivity contribution < 1.29 is 9.21 Å². The Hall–Kier alpha value is -1.33. The van der Waals surface area contributed by atoms with Crippen LogP contribution in [0.1, 0.15) is 30.3 Å². The highest BCUT2D eigenvalue weighted by Crippen LogP contribution is 2.27. The molecule has 2 atom stereocenters. The van der Waals surface area contributed by atoms with Gasteiger partial charge >= 0.3 is 0 Å². The van der Waals surface area contributed by atoms with Crippen LogP contribution in [0.4, 0.5) is 0 Å². The fourth-order valence-electron chi connectivity index (χ4n) is 2.66. The van der Waals surface area contributed by atoms with Gasteiger partial charge in [0.15, 0.2) is 5.76 Å². The Morgan fingerprint density at radius 3 is 3.10 bits per heavy atom. The Balaban J connectivity index is 1.77. The van der Waals surface area contributed by atoms with Gasteiger partial charge in [-0.1, -0.05) is 12.1 Å². The SMILES string of the molecule is CC1CC(NC(=O)c2cc3cccc(Br)c3o2)CCN1. The molecular weight excluding hydrogens is 320 g/mol. The van der Waals surface area contributed by atoms with Crippen LogP contribution in [0.15, 0.2) is 33.2 Å². The van der Waals surface area contributed by atoms with E-state index in [-0.39, 0.29) is 11.9 Å². The largest absolute Gasteiger partial charge is 0.450 e. The number of para-hydroxylation sites is 1. The van der Waals surface area contributed by atoms with Gasteiger partial charge < -0.3 is 15.1 Å². The summed E-state index contributed by atoms with van der Waals surface area (Å²) in [6.45, 7) is 3.08. The molecule has 4 nitrogen and oxygen atoms in total. The van der Waals surface area contributed by atoms with Crippen molar-refractivity contribution in [2.45, 2.75) is 31.8 Å². The number of benzene rings is 1. The summed E-state index contributed by atoms with van der Waals surface area (Å²) in [5.74, 6) is 0.241. The zero-order valence-corrected chi connectivity index (χ0v) is 12.9. The molecule has 0 aliphatic carbocycles. The molecule has 2 N–H and O–H groups in total. The molecule has 106 valence electrons. The summed E-state index contributed by atoms with van der Waals surface area (Å²) in [5.41, 5.74) is 0.719. The first-order chi connectivity index (χ1) is 9.63. The maximum absolute atomic E-state index is 12.3. The molecule has 2 unspecified atom stereocenters. The third kappa shape index (κ3) is 2.74. The van der Waals surface area contributed by atoms with E-state index in [9.17, 15) is 4.79 Å². The molecule has 2 aromatic rings. The van der Waals surface area contributed by atoms with Crippen molar-refractivity contribution in [3.63, 3.8) is 0 Å². The normalized spacial score (nSPS) is 22.9. The number of furan rings is 1. The van der Waals surface area contributed by atoms with Crippen molar-refractivity contribution in [3.8, 4) is 0 Å². The molecule has 1 aliphatic rings. The van der Waals surface area contributed by atoms with Crippen LogP contribution in [-0.2, 0) is 0 Å². The molecule has 5 heteroatoms. The van der Waals surface area contributed by atoms with Crippen LogP contribution >= 0.6 is 15.9 Å². The first-order valence-corrected chi connectivity index (χ1v) is 7.65. The highest BCUT2D eigenvalue weighted by atomic mass is 79.9. The number of hydrogen-bond donors (Lipinski definition) is 2. The second-order valence-corrected chi connectivity index (χ2v) is 6.17. The average Bonchev–Trinajstić information content (AvgIpc) is 2.84. The lowest BCUT2D eigenvalue weighted by Crippen LogP contribution is -2.46. The second-order valence-electron chi connectivity index (χ2n) is 5.32. The third-order valence-electron chi connectivity index (χ3n) is 3.68. The van der Waals surface area contributed by atoms with Crippen LogP contribution in [0.25, 0.3) is 11.0 Å². The van der Waals surface area contributed by atoms with E-state index in [0.717, 1.165) is 34.8 Å². The number of fused-ring (bicyclic) bond motifs is 1. The highest BCUT2D eigenvalue weighted by molar-refractivity contribution is 9.10. The molecule has 0 radical (unpaired) electrons. The third-order valence-corrected chi connectivity index (χ3v) is 4.30. The minimum atomic E-state index is -0.132. The summed E-state index contributed by atoms with van der Waals surface area (Å²) in [6.07, 6.45) is 1.91. The van der Waals surface area contributed by atoms with Gasteiger partial charge in [-0.25, -0.2) is 0 Å². The lowest BCUT2D eigenvalue weighted by atomic mass is 10.0. The smallest absolute Gasteiger partial charge is 0.287 e. The number of hydrogen-bond acceptors (Lipinski definition) is 3. The van der Waals surface area contributed by atoms with Crippen LogP contribution < -0.4 is 10.6 Å². The zero-order chi connectivity index (χ0) is 14.1. The van der Waals surface area contributed by atoms with Crippen molar-refractivity contribution in [3.05, 3.63) is 34.5 Å². The summed E-state index contributed by atoms with van der Waals surface area (Å²) in [7, 11) is 0. The van der Waals surface area contributed by atoms with Gasteiger partial charge in [0.25, 0.3) is 5.91 Å². The van der Waals surface area contributed by atoms with Crippen molar-refractivity contribution >= 4 is 32.8 Å². The maximum Gasteiger partial charge on any atom is 0.287 e. The monoisotopic (exact) mass is 336 g/mol. The molecule has 1 amide bonds. The second kappa shape index (κ2) is 5.58. The molecule has 1 aromatic carbocycles. The zero-order valence-electron chi connectivity index (χ0n) is 11.3. The molecule has 20 heavy (non-hydrogen) atoms. The minimum absolute atomic E-state index is 0.132. The van der Waals surface area contributed by atoms with Crippen LogP contribution in [0, 0.1) is 0 Å². The van der Waals surface area contributed by atoms with Crippen LogP contribution in [0.3, 0.4) is 0 Å². The minimum Gasteiger partial charge on any atom is -0.450 e. The van der Waals surface area contributed by atoms with E-state index in [1.165, 1.54) is 0 Å². The van der Waals surface area contributed by atoms with Gasteiger partial charge in [0.1, 0.15) is 5.58 Å². The van der Waals surface area contributed by atoms with Crippen LogP contribution in [-0.4, -0.2) is 24.5 Å². The summed E-state index contributed by atoms with van der Waals surface area (Å²) < 4.78 is 6.52. The summed E-state index contributed by atoms with van der Waals surface area (Å²) >= 11 is 3.43. The number of carbonyl (C=O) groups excluding carboxylic acids is 1. The van der Waals surface area contributed by atoms with Gasteiger partial charge in [-0.15, -0.1) is 0 Å². The molecule has 3 rings (SSSR count). The predicted octanol–water partition coefficient (Wildman–Crippen LogP) is 3.07. The van der Waals surface area contributed by atoms with Crippen molar-refractivity contribution in [1.82, 2.24) is 10.6 Å². The lowest BCUT2D eigenvalue weighted by molar-refractivity contribution is 0.0899. The first kappa shape index (κ1) is 13.6. The molecule has 1 aliphatic heterocycles. The van der Waals surface area contributed by atoms with Gasteiger partial charge in [-0.3, -0.25) is 4.79 Å². The maximum atomic E-state index is 12.3. The van der Waals surface area contributed by atoms with Gasteiger partial charge in [-0.05, 0) is 54.4 Å². The summed E-state index contributed by atoms with van der Waals surface area (Å²) in [4.78, 5) is 12.3. The number of piperidine rings is 1. The van der Waals surface area contributed by atoms with Crippen LogP contribution in [0.5, 0.6) is 0 Å². The number of carbonyl (C=O) groups is 1. The van der Waals surface area contributed by atoms with Gasteiger partial charge in [0.05, 0.1) is 4.47 Å². The molecule has 1 saturated heterocycles. The lowest BCUT2D eigenvalue weighted by Gasteiger charge is -2.28. The molecule has 0 bridgehead atoms. The standard InChI is InChI=1S/C15H17BrN2O2/c1-9-7-11(5-6-17-9)18-15(19)13-8-10-3-2-4-12(16)14(10)20-13/h2-4,8-9,11,17H,5-7H2,1H3,(H,18,19). The predicted molar refractivity (Wildman–Crippen MR) is 81.9 cm³/mol.